The molecule has 0 unspecified atom stereocenters. The minimum absolute atomic E-state index is 0.996. The number of benzene rings is 7. The van der Waals surface area contributed by atoms with Crippen molar-refractivity contribution in [3.05, 3.63) is 170 Å². The quantitative estimate of drug-likeness (QED) is 0.185. The topological polar surface area (TPSA) is 27.2 Å². The van der Waals surface area contributed by atoms with E-state index in [1.54, 1.807) is 11.3 Å². The molecule has 0 aliphatic rings. The second kappa shape index (κ2) is 10.5. The maximum Gasteiger partial charge on any atom is 0.195 e. The summed E-state index contributed by atoms with van der Waals surface area (Å²) in [7, 11) is 0. The van der Waals surface area contributed by atoms with Gasteiger partial charge < -0.3 is 9.13 Å². The van der Waals surface area contributed by atoms with Gasteiger partial charge >= 0.3 is 0 Å². The van der Waals surface area contributed by atoms with Gasteiger partial charge in [0, 0.05) is 44.0 Å². The monoisotopic (exact) mass is 656 g/mol. The molecule has 4 nitrogen and oxygen atoms in total. The van der Waals surface area contributed by atoms with Crippen LogP contribution in [0.25, 0.3) is 92.7 Å². The number of hydrogen-bond acceptors (Lipinski definition) is 2. The van der Waals surface area contributed by atoms with Crippen LogP contribution < -0.4 is 0 Å². The molecule has 0 spiro atoms. The second-order valence-electron chi connectivity index (χ2n) is 12.8. The van der Waals surface area contributed by atoms with Gasteiger partial charge in [-0.05, 0) is 66.7 Å². The molecule has 0 saturated heterocycles. The Kier molecular flexibility index (Phi) is 5.80. The number of aromatic nitrogens is 4. The number of rotatable bonds is 4. The molecule has 0 aliphatic heterocycles. The molecule has 11 aromatic rings. The summed E-state index contributed by atoms with van der Waals surface area (Å²) in [5.41, 5.74) is 12.6. The van der Waals surface area contributed by atoms with E-state index >= 15 is 0 Å². The number of nitrogens with zero attached hydrogens (tertiary/aromatic N) is 4. The van der Waals surface area contributed by atoms with Crippen molar-refractivity contribution in [1.29, 1.82) is 0 Å². The largest absolute Gasteiger partial charge is 0.309 e. The smallest absolute Gasteiger partial charge is 0.195 e. The Bertz CT molecular complexity index is 3070. The van der Waals surface area contributed by atoms with Gasteiger partial charge in [0.25, 0.3) is 0 Å². The normalized spacial score (nSPS) is 12.0. The van der Waals surface area contributed by atoms with Crippen LogP contribution in [0.3, 0.4) is 0 Å². The zero-order valence-electron chi connectivity index (χ0n) is 26.9. The van der Waals surface area contributed by atoms with Crippen LogP contribution in [0.15, 0.2) is 170 Å². The Morgan fingerprint density at radius 2 is 0.940 bits per heavy atom. The standard InChI is InChI=1S/C45H28N4S/c1-4-14-29(15-5-1)44-43(46-45-49(44)39-22-12-13-23-42(39)50-45)30-24-25-38-34(26-30)36-28-40-35(27-41(36)48(38)32-18-8-3-9-19-32)33-20-10-11-21-37(33)47(40)31-16-6-2-7-17-31/h1-28H. The van der Waals surface area contributed by atoms with E-state index < -0.39 is 0 Å². The molecule has 50 heavy (non-hydrogen) atoms. The fraction of sp³-hybridized carbons (Fsp3) is 0. The maximum atomic E-state index is 5.35. The lowest BCUT2D eigenvalue weighted by Gasteiger charge is -2.09. The third-order valence-electron chi connectivity index (χ3n) is 10.1. The van der Waals surface area contributed by atoms with Crippen molar-refractivity contribution < 1.29 is 0 Å². The molecule has 0 aliphatic carbocycles. The number of hydrogen-bond donors (Lipinski definition) is 0. The molecule has 0 bridgehead atoms. The molecule has 5 heteroatoms. The van der Waals surface area contributed by atoms with Gasteiger partial charge in [-0.15, -0.1) is 0 Å². The minimum atomic E-state index is 0.996. The molecule has 7 aromatic carbocycles. The first-order valence-electron chi connectivity index (χ1n) is 16.9. The van der Waals surface area contributed by atoms with Crippen LogP contribution in [0.4, 0.5) is 0 Å². The fourth-order valence-corrected chi connectivity index (χ4v) is 8.95. The predicted molar refractivity (Wildman–Crippen MR) is 210 cm³/mol. The highest BCUT2D eigenvalue weighted by atomic mass is 32.1. The highest BCUT2D eigenvalue weighted by molar-refractivity contribution is 7.23. The van der Waals surface area contributed by atoms with E-state index in [9.17, 15) is 0 Å². The number of imidazole rings is 1. The first kappa shape index (κ1) is 27.5. The summed E-state index contributed by atoms with van der Waals surface area (Å²) in [6, 6.07) is 61.2. The average molecular weight is 657 g/mol. The molecule has 0 saturated carbocycles. The summed E-state index contributed by atoms with van der Waals surface area (Å²) >= 11 is 1.74. The summed E-state index contributed by atoms with van der Waals surface area (Å²) in [5, 5.41) is 4.90. The lowest BCUT2D eigenvalue weighted by Crippen LogP contribution is -1.94. The van der Waals surface area contributed by atoms with Crippen molar-refractivity contribution in [3.63, 3.8) is 0 Å². The zero-order valence-corrected chi connectivity index (χ0v) is 27.7. The summed E-state index contributed by atoms with van der Waals surface area (Å²) in [6.07, 6.45) is 0. The molecule has 234 valence electrons. The molecule has 0 atom stereocenters. The maximum absolute atomic E-state index is 5.35. The molecular weight excluding hydrogens is 629 g/mol. The minimum Gasteiger partial charge on any atom is -0.309 e. The van der Waals surface area contributed by atoms with Crippen molar-refractivity contribution >= 4 is 70.1 Å². The van der Waals surface area contributed by atoms with Crippen LogP contribution in [0, 0.1) is 0 Å². The van der Waals surface area contributed by atoms with Crippen molar-refractivity contribution in [3.8, 4) is 33.9 Å². The molecule has 0 radical (unpaired) electrons. The van der Waals surface area contributed by atoms with E-state index in [4.69, 9.17) is 4.98 Å². The van der Waals surface area contributed by atoms with Crippen LogP contribution in [0.2, 0.25) is 0 Å². The van der Waals surface area contributed by atoms with Gasteiger partial charge in [-0.3, -0.25) is 4.40 Å². The van der Waals surface area contributed by atoms with Gasteiger partial charge in [0.15, 0.2) is 4.96 Å². The van der Waals surface area contributed by atoms with E-state index in [1.807, 2.05) is 0 Å². The number of thiazole rings is 1. The first-order chi connectivity index (χ1) is 24.8. The number of fused-ring (bicyclic) bond motifs is 9. The van der Waals surface area contributed by atoms with E-state index in [0.29, 0.717) is 0 Å². The van der Waals surface area contributed by atoms with Gasteiger partial charge in [0.2, 0.25) is 0 Å². The van der Waals surface area contributed by atoms with E-state index in [1.165, 1.54) is 53.8 Å². The highest BCUT2D eigenvalue weighted by Crippen LogP contribution is 2.43. The summed E-state index contributed by atoms with van der Waals surface area (Å²) in [5.74, 6) is 0. The Labute approximate surface area is 291 Å². The lowest BCUT2D eigenvalue weighted by atomic mass is 10.0. The molecule has 4 heterocycles. The lowest BCUT2D eigenvalue weighted by molar-refractivity contribution is 1.17. The van der Waals surface area contributed by atoms with E-state index in [-0.39, 0.29) is 0 Å². The van der Waals surface area contributed by atoms with Crippen LogP contribution in [-0.2, 0) is 0 Å². The van der Waals surface area contributed by atoms with Crippen LogP contribution in [-0.4, -0.2) is 18.5 Å². The fourth-order valence-electron chi connectivity index (χ4n) is 7.92. The summed E-state index contributed by atoms with van der Waals surface area (Å²) < 4.78 is 8.39. The average Bonchev–Trinajstić information content (AvgIpc) is 3.91. The summed E-state index contributed by atoms with van der Waals surface area (Å²) in [4.78, 5) is 6.35. The Morgan fingerprint density at radius 1 is 0.400 bits per heavy atom. The van der Waals surface area contributed by atoms with Gasteiger partial charge in [-0.25, -0.2) is 4.98 Å². The van der Waals surface area contributed by atoms with Gasteiger partial charge in [0.1, 0.15) is 0 Å². The van der Waals surface area contributed by atoms with E-state index in [2.05, 4.69) is 183 Å². The molecule has 0 N–H and O–H groups in total. The Hall–Kier alpha value is -6.43. The number of para-hydroxylation sites is 4. The van der Waals surface area contributed by atoms with Gasteiger partial charge in [0.05, 0.1) is 43.7 Å². The van der Waals surface area contributed by atoms with Crippen LogP contribution >= 0.6 is 11.3 Å². The molecule has 11 rings (SSSR count). The van der Waals surface area contributed by atoms with Crippen molar-refractivity contribution in [2.24, 2.45) is 0 Å². The SMILES string of the molecule is c1ccc(-c2c(-c3ccc4c(c3)c3cc5c(cc3n4-c3ccccc3)c3ccccc3n5-c3ccccc3)nc3sc4ccccc4n23)cc1. The molecule has 0 fully saturated rings. The van der Waals surface area contributed by atoms with Crippen molar-refractivity contribution in [2.75, 3.05) is 0 Å². The van der Waals surface area contributed by atoms with Gasteiger partial charge in [-0.1, -0.05) is 114 Å². The first-order valence-corrected chi connectivity index (χ1v) is 17.7. The Balaban J connectivity index is 1.25. The summed E-state index contributed by atoms with van der Waals surface area (Å²) in [6.45, 7) is 0. The molecule has 0 amide bonds. The van der Waals surface area contributed by atoms with Gasteiger partial charge in [-0.2, -0.15) is 0 Å². The predicted octanol–water partition coefficient (Wildman–Crippen LogP) is 12.1. The third-order valence-corrected chi connectivity index (χ3v) is 11.1. The van der Waals surface area contributed by atoms with Crippen molar-refractivity contribution in [1.82, 2.24) is 18.5 Å². The van der Waals surface area contributed by atoms with Crippen LogP contribution in [0.1, 0.15) is 0 Å². The molecular formula is C45H28N4S. The highest BCUT2D eigenvalue weighted by Gasteiger charge is 2.23. The van der Waals surface area contributed by atoms with Crippen molar-refractivity contribution in [2.45, 2.75) is 0 Å². The third kappa shape index (κ3) is 3.89. The zero-order chi connectivity index (χ0) is 32.8. The molecule has 4 aromatic heterocycles. The second-order valence-corrected chi connectivity index (χ2v) is 13.8. The van der Waals surface area contributed by atoms with E-state index in [0.717, 1.165) is 38.9 Å². The Morgan fingerprint density at radius 3 is 1.64 bits per heavy atom. The van der Waals surface area contributed by atoms with Crippen LogP contribution in [0.5, 0.6) is 0 Å².